The van der Waals surface area contributed by atoms with Crippen molar-refractivity contribution in [3.8, 4) is 0 Å². The van der Waals surface area contributed by atoms with E-state index in [-0.39, 0.29) is 11.8 Å². The molecule has 0 aromatic heterocycles. The van der Waals surface area contributed by atoms with Crippen LogP contribution < -0.4 is 16.0 Å². The summed E-state index contributed by atoms with van der Waals surface area (Å²) < 4.78 is 0. The lowest BCUT2D eigenvalue weighted by Crippen LogP contribution is -2.47. The van der Waals surface area contributed by atoms with E-state index in [1.165, 1.54) is 0 Å². The Hall–Kier alpha value is -1.18. The summed E-state index contributed by atoms with van der Waals surface area (Å²) in [5, 5.41) is 9.42. The molecule has 0 aromatic rings. The highest BCUT2D eigenvalue weighted by Gasteiger charge is 2.17. The highest BCUT2D eigenvalue weighted by Crippen LogP contribution is 2.00. The molecule has 0 saturated carbocycles. The van der Waals surface area contributed by atoms with Crippen molar-refractivity contribution in [3.63, 3.8) is 0 Å². The molecule has 7 nitrogen and oxygen atoms in total. The van der Waals surface area contributed by atoms with E-state index in [0.29, 0.717) is 19.4 Å². The van der Waals surface area contributed by atoms with Crippen LogP contribution in [0.1, 0.15) is 12.8 Å². The fraction of sp³-hybridized carbons (Fsp3) is 0.857. The van der Waals surface area contributed by atoms with E-state index < -0.39 is 0 Å². The quantitative estimate of drug-likeness (QED) is 0.540. The van der Waals surface area contributed by atoms with Crippen molar-refractivity contribution in [1.29, 1.82) is 0 Å². The number of carbonyl (C=O) groups excluding carboxylic acids is 2. The summed E-state index contributed by atoms with van der Waals surface area (Å²) >= 11 is 0. The zero-order valence-electron chi connectivity index (χ0n) is 12.7. The average molecular weight is 297 g/mol. The van der Waals surface area contributed by atoms with Gasteiger partial charge in [0.25, 0.3) is 0 Å². The number of hydrogen-bond donors (Lipinski definition) is 3. The Labute approximate surface area is 126 Å². The molecule has 2 heterocycles. The van der Waals surface area contributed by atoms with Gasteiger partial charge in [0.2, 0.25) is 11.8 Å². The molecule has 2 aliphatic rings. The van der Waals surface area contributed by atoms with Gasteiger partial charge in [0.1, 0.15) is 0 Å². The molecule has 2 rings (SSSR count). The Morgan fingerprint density at radius 1 is 0.905 bits per heavy atom. The molecule has 7 heteroatoms. The molecule has 21 heavy (non-hydrogen) atoms. The Morgan fingerprint density at radius 3 is 2.19 bits per heavy atom. The van der Waals surface area contributed by atoms with Gasteiger partial charge >= 0.3 is 0 Å². The molecule has 3 N–H and O–H groups in total. The number of nitrogens with zero attached hydrogens (tertiary/aromatic N) is 2. The van der Waals surface area contributed by atoms with Gasteiger partial charge < -0.3 is 20.9 Å². The molecular weight excluding hydrogens is 270 g/mol. The number of rotatable bonds is 6. The summed E-state index contributed by atoms with van der Waals surface area (Å²) in [6.45, 7) is 8.88. The lowest BCUT2D eigenvalue weighted by atomic mass is 10.2. The molecule has 120 valence electrons. The van der Waals surface area contributed by atoms with E-state index in [0.717, 1.165) is 58.9 Å². The highest BCUT2D eigenvalue weighted by atomic mass is 16.2. The van der Waals surface area contributed by atoms with Crippen LogP contribution in [0.3, 0.4) is 0 Å². The smallest absolute Gasteiger partial charge is 0.223 e. The molecule has 0 aromatic carbocycles. The van der Waals surface area contributed by atoms with Crippen molar-refractivity contribution < 1.29 is 9.59 Å². The SMILES string of the molecule is O=C(CCC(=O)N1CCNCC1)NCCN1CCNCC1. The number of carbonyl (C=O) groups is 2. The third-order valence-electron chi connectivity index (χ3n) is 4.00. The molecule has 0 atom stereocenters. The van der Waals surface area contributed by atoms with Crippen LogP contribution in [-0.2, 0) is 9.59 Å². The topological polar surface area (TPSA) is 76.7 Å². The fourth-order valence-corrected chi connectivity index (χ4v) is 2.67. The average Bonchev–Trinajstić information content (AvgIpc) is 2.54. The van der Waals surface area contributed by atoms with E-state index >= 15 is 0 Å². The summed E-state index contributed by atoms with van der Waals surface area (Å²) in [5.41, 5.74) is 0. The van der Waals surface area contributed by atoms with Gasteiger partial charge in [-0.15, -0.1) is 0 Å². The first-order chi connectivity index (χ1) is 10.3. The molecule has 2 saturated heterocycles. The van der Waals surface area contributed by atoms with Gasteiger partial charge in [-0.1, -0.05) is 0 Å². The van der Waals surface area contributed by atoms with Gasteiger partial charge in [0.15, 0.2) is 0 Å². The summed E-state index contributed by atoms with van der Waals surface area (Å²) in [4.78, 5) is 27.8. The summed E-state index contributed by atoms with van der Waals surface area (Å²) in [6.07, 6.45) is 0.615. The molecule has 0 aliphatic carbocycles. The monoisotopic (exact) mass is 297 g/mol. The zero-order valence-corrected chi connectivity index (χ0v) is 12.7. The van der Waals surface area contributed by atoms with E-state index in [1.54, 1.807) is 0 Å². The molecule has 0 spiro atoms. The maximum atomic E-state index is 11.9. The minimum absolute atomic E-state index is 0.0198. The largest absolute Gasteiger partial charge is 0.355 e. The first-order valence-corrected chi connectivity index (χ1v) is 7.94. The first kappa shape index (κ1) is 16.2. The van der Waals surface area contributed by atoms with Crippen LogP contribution in [0, 0.1) is 0 Å². The third-order valence-corrected chi connectivity index (χ3v) is 4.00. The van der Waals surface area contributed by atoms with Crippen molar-refractivity contribution >= 4 is 11.8 Å². The van der Waals surface area contributed by atoms with E-state index in [4.69, 9.17) is 0 Å². The van der Waals surface area contributed by atoms with Crippen LogP contribution in [0.5, 0.6) is 0 Å². The van der Waals surface area contributed by atoms with E-state index in [2.05, 4.69) is 20.9 Å². The van der Waals surface area contributed by atoms with Crippen LogP contribution in [0.4, 0.5) is 0 Å². The van der Waals surface area contributed by atoms with Crippen LogP contribution in [-0.4, -0.2) is 87.1 Å². The van der Waals surface area contributed by atoms with Gasteiger partial charge in [0.05, 0.1) is 0 Å². The summed E-state index contributed by atoms with van der Waals surface area (Å²) in [5.74, 6) is 0.0716. The van der Waals surface area contributed by atoms with Gasteiger partial charge in [-0.25, -0.2) is 0 Å². The van der Waals surface area contributed by atoms with Crippen LogP contribution in [0.25, 0.3) is 0 Å². The minimum atomic E-state index is -0.0198. The van der Waals surface area contributed by atoms with Gasteiger partial charge in [-0.05, 0) is 0 Å². The maximum absolute atomic E-state index is 11.9. The molecule has 0 bridgehead atoms. The molecule has 2 amide bonds. The van der Waals surface area contributed by atoms with Gasteiger partial charge in [-0.2, -0.15) is 0 Å². The zero-order chi connectivity index (χ0) is 14.9. The predicted octanol–water partition coefficient (Wildman–Crippen LogP) is -1.78. The standard InChI is InChI=1S/C14H27N5O2/c20-13(17-7-10-18-8-3-15-4-9-18)1-2-14(21)19-11-5-16-6-12-19/h15-16H,1-12H2,(H,17,20). The second-order valence-corrected chi connectivity index (χ2v) is 5.57. The molecule has 0 radical (unpaired) electrons. The Balaban J connectivity index is 1.53. The fourth-order valence-electron chi connectivity index (χ4n) is 2.67. The number of amides is 2. The Morgan fingerprint density at radius 2 is 1.52 bits per heavy atom. The van der Waals surface area contributed by atoms with Crippen molar-refractivity contribution in [3.05, 3.63) is 0 Å². The molecule has 2 fully saturated rings. The Bertz CT molecular complexity index is 338. The Kier molecular flexibility index (Phi) is 6.91. The number of nitrogens with one attached hydrogen (secondary N) is 3. The summed E-state index contributed by atoms with van der Waals surface area (Å²) in [6, 6.07) is 0. The van der Waals surface area contributed by atoms with Crippen molar-refractivity contribution in [1.82, 2.24) is 25.8 Å². The molecule has 2 aliphatic heterocycles. The number of hydrogen-bond acceptors (Lipinski definition) is 5. The third kappa shape index (κ3) is 5.99. The first-order valence-electron chi connectivity index (χ1n) is 7.94. The summed E-state index contributed by atoms with van der Waals surface area (Å²) in [7, 11) is 0. The lowest BCUT2D eigenvalue weighted by Gasteiger charge is -2.27. The maximum Gasteiger partial charge on any atom is 0.223 e. The minimum Gasteiger partial charge on any atom is -0.355 e. The van der Waals surface area contributed by atoms with E-state index in [9.17, 15) is 9.59 Å². The van der Waals surface area contributed by atoms with E-state index in [1.807, 2.05) is 4.90 Å². The van der Waals surface area contributed by atoms with Crippen LogP contribution in [0.15, 0.2) is 0 Å². The molecule has 0 unspecified atom stereocenters. The second kappa shape index (κ2) is 8.96. The van der Waals surface area contributed by atoms with Crippen LogP contribution >= 0.6 is 0 Å². The number of piperazine rings is 2. The van der Waals surface area contributed by atoms with Gasteiger partial charge in [-0.3, -0.25) is 14.5 Å². The van der Waals surface area contributed by atoms with Crippen molar-refractivity contribution in [2.75, 3.05) is 65.4 Å². The lowest BCUT2D eigenvalue weighted by molar-refractivity contribution is -0.134. The predicted molar refractivity (Wildman–Crippen MR) is 81.0 cm³/mol. The van der Waals surface area contributed by atoms with Crippen molar-refractivity contribution in [2.24, 2.45) is 0 Å². The molecular formula is C14H27N5O2. The second-order valence-electron chi connectivity index (χ2n) is 5.57. The van der Waals surface area contributed by atoms with Crippen molar-refractivity contribution in [2.45, 2.75) is 12.8 Å². The van der Waals surface area contributed by atoms with Crippen LogP contribution in [0.2, 0.25) is 0 Å². The van der Waals surface area contributed by atoms with Gasteiger partial charge in [0, 0.05) is 78.3 Å². The highest BCUT2D eigenvalue weighted by molar-refractivity contribution is 5.83. The normalized spacial score (nSPS) is 20.3.